The van der Waals surface area contributed by atoms with Crippen molar-refractivity contribution in [3.8, 4) is 0 Å². The van der Waals surface area contributed by atoms with Crippen molar-refractivity contribution in [2.75, 3.05) is 13.1 Å². The van der Waals surface area contributed by atoms with Crippen LogP contribution in [0.5, 0.6) is 0 Å². The van der Waals surface area contributed by atoms with Crippen LogP contribution in [0, 0.1) is 0 Å². The van der Waals surface area contributed by atoms with E-state index in [0.717, 1.165) is 44.9 Å². The molecule has 0 amide bonds. The van der Waals surface area contributed by atoms with Gasteiger partial charge in [-0.25, -0.2) is 0 Å². The van der Waals surface area contributed by atoms with Gasteiger partial charge < -0.3 is 14.9 Å². The van der Waals surface area contributed by atoms with E-state index in [1.807, 2.05) is 0 Å². The van der Waals surface area contributed by atoms with Crippen LogP contribution in [-0.4, -0.2) is 35.4 Å². The Bertz CT molecular complexity index is 510. The summed E-state index contributed by atoms with van der Waals surface area (Å²) < 4.78 is 40.3. The fourth-order valence-electron chi connectivity index (χ4n) is 2.32. The molecule has 0 spiro atoms. The Labute approximate surface area is 161 Å². The van der Waals surface area contributed by atoms with E-state index in [0.29, 0.717) is 6.42 Å². The zero-order chi connectivity index (χ0) is 23.1. The highest BCUT2D eigenvalue weighted by Crippen LogP contribution is 2.09. The third kappa shape index (κ3) is 17.5. The van der Waals surface area contributed by atoms with Crippen molar-refractivity contribution in [2.45, 2.75) is 90.1 Å². The lowest BCUT2D eigenvalue weighted by molar-refractivity contribution is -0.153. The number of hydrogen-bond acceptors (Lipinski definition) is 4. The molecule has 146 valence electrons. The van der Waals surface area contributed by atoms with Crippen molar-refractivity contribution in [3.05, 3.63) is 24.3 Å². The number of ether oxygens (including phenoxy) is 1. The molecular formula is C21H38O4. The van der Waals surface area contributed by atoms with E-state index in [9.17, 15) is 15.0 Å². The number of rotatable bonds is 17. The van der Waals surface area contributed by atoms with Crippen molar-refractivity contribution in [1.29, 1.82) is 0 Å². The number of hydrogen-bond donors (Lipinski definition) is 2. The van der Waals surface area contributed by atoms with Crippen LogP contribution in [0.1, 0.15) is 90.8 Å². The van der Waals surface area contributed by atoms with Crippen LogP contribution in [-0.2, 0) is 9.53 Å². The van der Waals surface area contributed by atoms with E-state index in [2.05, 4.69) is 36.0 Å². The van der Waals surface area contributed by atoms with Gasteiger partial charge >= 0.3 is 5.97 Å². The van der Waals surface area contributed by atoms with Gasteiger partial charge in [0.2, 0.25) is 0 Å². The topological polar surface area (TPSA) is 66.8 Å². The van der Waals surface area contributed by atoms with Gasteiger partial charge in [-0.15, -0.1) is 0 Å². The molecule has 0 radical (unpaired) electrons. The molecule has 0 unspecified atom stereocenters. The molecule has 0 aliphatic carbocycles. The Hall–Kier alpha value is -1.13. The number of esters is 1. The van der Waals surface area contributed by atoms with E-state index < -0.39 is 25.2 Å². The molecule has 2 N–H and O–H groups in total. The zero-order valence-corrected chi connectivity index (χ0v) is 15.5. The summed E-state index contributed by atoms with van der Waals surface area (Å²) in [4.78, 5) is 11.8. The molecule has 0 aliphatic rings. The molecule has 0 bridgehead atoms. The first-order valence-electron chi connectivity index (χ1n) is 11.9. The largest absolute Gasteiger partial charge is 0.457 e. The summed E-state index contributed by atoms with van der Waals surface area (Å²) in [5, 5.41) is 18.6. The van der Waals surface area contributed by atoms with Gasteiger partial charge in [0.25, 0.3) is 0 Å². The molecule has 0 atom stereocenters. The predicted octanol–water partition coefficient (Wildman–Crippen LogP) is 4.70. The highest BCUT2D eigenvalue weighted by Gasteiger charge is 2.11. The molecule has 0 aromatic heterocycles. The summed E-state index contributed by atoms with van der Waals surface area (Å²) >= 11 is 0. The summed E-state index contributed by atoms with van der Waals surface area (Å²) in [5.74, 6) is -1.04. The zero-order valence-electron chi connectivity index (χ0n) is 20.5. The minimum absolute atomic E-state index is 0.142. The summed E-state index contributed by atoms with van der Waals surface area (Å²) in [7, 11) is 0. The average Bonchev–Trinajstić information content (AvgIpc) is 2.63. The van der Waals surface area contributed by atoms with Crippen molar-refractivity contribution in [2.24, 2.45) is 0 Å². The minimum atomic E-state index is -3.56. The van der Waals surface area contributed by atoms with Crippen LogP contribution in [0.15, 0.2) is 24.3 Å². The molecule has 0 aliphatic heterocycles. The molecule has 0 saturated carbocycles. The van der Waals surface area contributed by atoms with Gasteiger partial charge in [-0.1, -0.05) is 63.3 Å². The van der Waals surface area contributed by atoms with E-state index in [1.54, 1.807) is 0 Å². The van der Waals surface area contributed by atoms with Crippen molar-refractivity contribution >= 4 is 5.97 Å². The Kier molecular flexibility index (Phi) is 12.3. The van der Waals surface area contributed by atoms with Crippen molar-refractivity contribution < 1.29 is 26.6 Å². The molecule has 0 aromatic carbocycles. The van der Waals surface area contributed by atoms with Crippen LogP contribution in [0.25, 0.3) is 0 Å². The average molecular weight is 360 g/mol. The summed E-state index contributed by atoms with van der Waals surface area (Å²) in [6.45, 7) is -4.91. The number of carbonyl (C=O) groups excluding carboxylic acids is 1. The van der Waals surface area contributed by atoms with E-state index in [-0.39, 0.29) is 6.42 Å². The van der Waals surface area contributed by atoms with Crippen LogP contribution in [0.4, 0.5) is 0 Å². The molecule has 0 rings (SSSR count). The number of unbranched alkanes of at least 4 members (excludes halogenated alkanes) is 8. The maximum atomic E-state index is 11.8. The number of aliphatic hydroxyl groups is 2. The molecule has 0 heterocycles. The highest BCUT2D eigenvalue weighted by molar-refractivity contribution is 5.69. The van der Waals surface area contributed by atoms with E-state index in [1.165, 1.54) is 19.3 Å². The summed E-state index contributed by atoms with van der Waals surface area (Å²) in [6.07, 6.45) is 16.2. The van der Waals surface area contributed by atoms with Gasteiger partial charge in [-0.2, -0.15) is 0 Å². The third-order valence-corrected chi connectivity index (χ3v) is 3.75. The van der Waals surface area contributed by atoms with Gasteiger partial charge in [0, 0.05) is 6.42 Å². The van der Waals surface area contributed by atoms with Gasteiger partial charge in [-0.3, -0.25) is 4.79 Å². The molecule has 0 saturated heterocycles. The standard InChI is InChI=1S/C21H38O4/c1-2-3-4-5-6-7-8-9-10-11-12-13-14-15-16-17-21(24)25-20(18-22)19-23/h6-7,9-10,20,22-23H,2-5,8,11-19H2,1H3/b7-6-,10-9-/i18D2,19D2,20D. The molecule has 0 aromatic rings. The maximum Gasteiger partial charge on any atom is 0.306 e. The van der Waals surface area contributed by atoms with E-state index in [4.69, 9.17) is 6.85 Å². The van der Waals surface area contributed by atoms with E-state index >= 15 is 0 Å². The minimum Gasteiger partial charge on any atom is -0.457 e. The van der Waals surface area contributed by atoms with Gasteiger partial charge in [-0.05, 0) is 38.5 Å². The Balaban J connectivity index is 3.87. The van der Waals surface area contributed by atoms with Crippen LogP contribution >= 0.6 is 0 Å². The smallest absolute Gasteiger partial charge is 0.306 e. The van der Waals surface area contributed by atoms with Gasteiger partial charge in [0.05, 0.1) is 20.0 Å². The predicted molar refractivity (Wildman–Crippen MR) is 103 cm³/mol. The monoisotopic (exact) mass is 359 g/mol. The quantitative estimate of drug-likeness (QED) is 0.224. The highest BCUT2D eigenvalue weighted by atomic mass is 16.6. The Morgan fingerprint density at radius 3 is 2.12 bits per heavy atom. The first-order chi connectivity index (χ1) is 14.0. The maximum absolute atomic E-state index is 11.8. The molecule has 4 nitrogen and oxygen atoms in total. The molecule has 0 fully saturated rings. The summed E-state index contributed by atoms with van der Waals surface area (Å²) in [5.41, 5.74) is 0. The Morgan fingerprint density at radius 1 is 0.960 bits per heavy atom. The number of allylic oxidation sites excluding steroid dienone is 4. The molecule has 25 heavy (non-hydrogen) atoms. The second-order valence-electron chi connectivity index (χ2n) is 6.01. The fourth-order valence-corrected chi connectivity index (χ4v) is 2.32. The van der Waals surface area contributed by atoms with Crippen LogP contribution in [0.2, 0.25) is 0 Å². The second kappa shape index (κ2) is 19.2. The van der Waals surface area contributed by atoms with Crippen LogP contribution in [0.3, 0.4) is 0 Å². The lowest BCUT2D eigenvalue weighted by atomic mass is 10.1. The molecule has 4 heteroatoms. The van der Waals surface area contributed by atoms with Crippen molar-refractivity contribution in [3.63, 3.8) is 0 Å². The normalized spacial score (nSPS) is 16.4. The van der Waals surface area contributed by atoms with Crippen LogP contribution < -0.4 is 0 Å². The second-order valence-corrected chi connectivity index (χ2v) is 6.01. The lowest BCUT2D eigenvalue weighted by Crippen LogP contribution is -2.25. The SMILES string of the molecule is [2H]C([2H])(O)C([2H])(OC(=O)CCCCCCC/C=C\C/C=C\CCCCC)C([2H])([2H])O. The van der Waals surface area contributed by atoms with Crippen molar-refractivity contribution in [1.82, 2.24) is 0 Å². The molecular weight excluding hydrogens is 316 g/mol. The Morgan fingerprint density at radius 2 is 1.52 bits per heavy atom. The lowest BCUT2D eigenvalue weighted by Gasteiger charge is -2.12. The fraction of sp³-hybridized carbons (Fsp3) is 0.762. The van der Waals surface area contributed by atoms with Gasteiger partial charge in [0.1, 0.15) is 6.08 Å². The number of carbonyl (C=O) groups is 1. The third-order valence-electron chi connectivity index (χ3n) is 3.75. The summed E-state index contributed by atoms with van der Waals surface area (Å²) in [6, 6.07) is 0. The first-order valence-corrected chi connectivity index (χ1v) is 9.42. The van der Waals surface area contributed by atoms with Gasteiger partial charge in [0.15, 0.2) is 0 Å². The first kappa shape index (κ1) is 16.1.